The van der Waals surface area contributed by atoms with E-state index in [0.717, 1.165) is 0 Å². The topological polar surface area (TPSA) is 0 Å². The zero-order valence-corrected chi connectivity index (χ0v) is 5.22. The first kappa shape index (κ1) is 4.29. The van der Waals surface area contributed by atoms with Crippen LogP contribution in [0.15, 0.2) is 11.9 Å². The van der Waals surface area contributed by atoms with Crippen molar-refractivity contribution >= 4 is 18.3 Å². The maximum atomic E-state index is 2.15. The summed E-state index contributed by atoms with van der Waals surface area (Å²) in [6, 6.07) is 2.15. The van der Waals surface area contributed by atoms with Gasteiger partial charge in [-0.1, -0.05) is 0 Å². The SMILES string of the molecule is Cc1ccps1. The van der Waals surface area contributed by atoms with E-state index in [1.807, 2.05) is 10.9 Å². The minimum absolute atomic E-state index is 1.38. The lowest BCUT2D eigenvalue weighted by Gasteiger charge is -1.64. The van der Waals surface area contributed by atoms with Crippen molar-refractivity contribution in [3.8, 4) is 0 Å². The lowest BCUT2D eigenvalue weighted by molar-refractivity contribution is 1.65. The molecule has 1 aromatic heterocycles. The van der Waals surface area contributed by atoms with Gasteiger partial charge in [-0.25, -0.2) is 0 Å². The molecule has 0 spiro atoms. The Balaban J connectivity index is 3.05. The summed E-state index contributed by atoms with van der Waals surface area (Å²) < 4.78 is 0. The highest BCUT2D eigenvalue weighted by Crippen LogP contribution is 2.17. The van der Waals surface area contributed by atoms with Crippen LogP contribution in [0.3, 0.4) is 0 Å². The average molecular weight is 116 g/mol. The summed E-state index contributed by atoms with van der Waals surface area (Å²) in [5.41, 5.74) is 0. The summed E-state index contributed by atoms with van der Waals surface area (Å²) in [5, 5.41) is 0. The largest absolute Gasteiger partial charge is 0.118 e. The van der Waals surface area contributed by atoms with Gasteiger partial charge in [0, 0.05) is 4.88 Å². The number of hydrogen-bond acceptors (Lipinski definition) is 1. The first-order valence-electron chi connectivity index (χ1n) is 1.77. The molecular weight excluding hydrogens is 111 g/mol. The zero-order chi connectivity index (χ0) is 4.41. The molecule has 0 radical (unpaired) electrons. The van der Waals surface area contributed by atoms with Crippen molar-refractivity contribution in [2.24, 2.45) is 0 Å². The fraction of sp³-hybridized carbons (Fsp3) is 0.250. The Labute approximate surface area is 42.7 Å². The van der Waals surface area contributed by atoms with Crippen molar-refractivity contribution in [2.75, 3.05) is 0 Å². The van der Waals surface area contributed by atoms with E-state index in [0.29, 0.717) is 0 Å². The van der Waals surface area contributed by atoms with Crippen LogP contribution < -0.4 is 0 Å². The molecule has 0 N–H and O–H groups in total. The Morgan fingerprint density at radius 1 is 1.83 bits per heavy atom. The summed E-state index contributed by atoms with van der Waals surface area (Å²) in [5.74, 6) is 2.15. The van der Waals surface area contributed by atoms with E-state index < -0.39 is 0 Å². The first-order chi connectivity index (χ1) is 2.89. The van der Waals surface area contributed by atoms with Gasteiger partial charge in [-0.2, -0.15) is 0 Å². The number of hydrogen-bond donors (Lipinski definition) is 0. The zero-order valence-electron chi connectivity index (χ0n) is 3.51. The standard InChI is InChI=1S/C4H5PS/c1-4-2-3-5-6-4/h2-3H,1H3. The van der Waals surface area contributed by atoms with E-state index in [2.05, 4.69) is 18.8 Å². The Morgan fingerprint density at radius 3 is 2.83 bits per heavy atom. The predicted octanol–water partition coefficient (Wildman–Crippen LogP) is 2.64. The van der Waals surface area contributed by atoms with Gasteiger partial charge >= 0.3 is 0 Å². The molecular formula is C4H5PS. The summed E-state index contributed by atoms with van der Waals surface area (Å²) in [4.78, 5) is 1.43. The summed E-state index contributed by atoms with van der Waals surface area (Å²) in [7, 11) is 3.26. The van der Waals surface area contributed by atoms with Crippen LogP contribution in [-0.4, -0.2) is 0 Å². The van der Waals surface area contributed by atoms with Crippen molar-refractivity contribution in [1.29, 1.82) is 0 Å². The minimum Gasteiger partial charge on any atom is -0.118 e. The molecule has 32 valence electrons. The second-order valence-electron chi connectivity index (χ2n) is 1.12. The molecule has 0 amide bonds. The maximum absolute atomic E-state index is 2.15. The van der Waals surface area contributed by atoms with Crippen molar-refractivity contribution < 1.29 is 0 Å². The second kappa shape index (κ2) is 1.72. The molecule has 1 aromatic rings. The molecule has 0 unspecified atom stereocenters. The third-order valence-corrected chi connectivity index (χ3v) is 2.91. The predicted molar refractivity (Wildman–Crippen MR) is 31.6 cm³/mol. The lowest BCUT2D eigenvalue weighted by Crippen LogP contribution is -1.42. The minimum atomic E-state index is 1.38. The number of rotatable bonds is 0. The molecule has 0 fully saturated rings. The maximum Gasteiger partial charge on any atom is 0.00642 e. The van der Waals surface area contributed by atoms with Crippen LogP contribution in [0.5, 0.6) is 0 Å². The normalized spacial score (nSPS) is 10.2. The van der Waals surface area contributed by atoms with E-state index >= 15 is 0 Å². The van der Waals surface area contributed by atoms with Gasteiger partial charge < -0.3 is 0 Å². The molecule has 1 rings (SSSR count). The summed E-state index contributed by atoms with van der Waals surface area (Å²) in [6.45, 7) is 2.13. The van der Waals surface area contributed by atoms with Crippen molar-refractivity contribution in [3.63, 3.8) is 0 Å². The van der Waals surface area contributed by atoms with Crippen molar-refractivity contribution in [3.05, 3.63) is 16.7 Å². The fourth-order valence-corrected chi connectivity index (χ4v) is 2.07. The molecule has 0 nitrogen and oxygen atoms in total. The Bertz CT molecular complexity index is 111. The highest BCUT2D eigenvalue weighted by molar-refractivity contribution is 7.80. The van der Waals surface area contributed by atoms with E-state index in [4.69, 9.17) is 0 Å². The van der Waals surface area contributed by atoms with Crippen molar-refractivity contribution in [2.45, 2.75) is 6.92 Å². The quantitative estimate of drug-likeness (QED) is 0.488. The van der Waals surface area contributed by atoms with Gasteiger partial charge in [-0.3, -0.25) is 0 Å². The highest BCUT2D eigenvalue weighted by Gasteiger charge is 1.75. The van der Waals surface area contributed by atoms with Crippen molar-refractivity contribution in [1.82, 2.24) is 0 Å². The molecule has 0 bridgehead atoms. The molecule has 0 aliphatic carbocycles. The number of aryl methyl sites for hydroxylation is 1. The van der Waals surface area contributed by atoms with E-state index in [-0.39, 0.29) is 0 Å². The molecule has 0 aliphatic rings. The molecule has 1 heterocycles. The van der Waals surface area contributed by atoms with Gasteiger partial charge in [-0.05, 0) is 26.2 Å². The lowest BCUT2D eigenvalue weighted by atomic mass is 10.6. The van der Waals surface area contributed by atoms with Crippen LogP contribution in [0.2, 0.25) is 0 Å². The Hall–Kier alpha value is 0.130. The summed E-state index contributed by atoms with van der Waals surface area (Å²) >= 11 is 0. The second-order valence-corrected chi connectivity index (χ2v) is 3.64. The highest BCUT2D eigenvalue weighted by atomic mass is 32.5. The fourth-order valence-electron chi connectivity index (χ4n) is 0.279. The Kier molecular flexibility index (Phi) is 1.23. The van der Waals surface area contributed by atoms with Crippen LogP contribution in [-0.2, 0) is 0 Å². The van der Waals surface area contributed by atoms with E-state index in [1.54, 1.807) is 0 Å². The van der Waals surface area contributed by atoms with Gasteiger partial charge in [0.25, 0.3) is 0 Å². The molecule has 0 aliphatic heterocycles. The van der Waals surface area contributed by atoms with E-state index in [1.165, 1.54) is 12.2 Å². The molecule has 0 atom stereocenters. The first-order valence-corrected chi connectivity index (χ1v) is 4.15. The molecule has 0 saturated carbocycles. The van der Waals surface area contributed by atoms with Gasteiger partial charge in [0.05, 0.1) is 0 Å². The molecule has 0 aromatic carbocycles. The van der Waals surface area contributed by atoms with E-state index in [9.17, 15) is 0 Å². The van der Waals surface area contributed by atoms with Crippen LogP contribution >= 0.6 is 18.3 Å². The Morgan fingerprint density at radius 2 is 2.67 bits per heavy atom. The van der Waals surface area contributed by atoms with Gasteiger partial charge in [0.15, 0.2) is 0 Å². The van der Waals surface area contributed by atoms with Gasteiger partial charge in [-0.15, -0.1) is 10.9 Å². The molecule has 6 heavy (non-hydrogen) atoms. The molecule has 0 saturated heterocycles. The van der Waals surface area contributed by atoms with Crippen LogP contribution in [0.25, 0.3) is 0 Å². The van der Waals surface area contributed by atoms with Gasteiger partial charge in [0.2, 0.25) is 0 Å². The van der Waals surface area contributed by atoms with Crippen LogP contribution in [0, 0.1) is 6.92 Å². The van der Waals surface area contributed by atoms with Crippen LogP contribution in [0.4, 0.5) is 0 Å². The average Bonchev–Trinajstić information content (AvgIpc) is 1.86. The third-order valence-electron chi connectivity index (χ3n) is 0.567. The monoisotopic (exact) mass is 116 g/mol. The van der Waals surface area contributed by atoms with Crippen LogP contribution in [0.1, 0.15) is 4.88 Å². The van der Waals surface area contributed by atoms with Gasteiger partial charge in [0.1, 0.15) is 0 Å². The smallest absolute Gasteiger partial charge is 0.00642 e. The third kappa shape index (κ3) is 0.796. The molecule has 2 heteroatoms. The summed E-state index contributed by atoms with van der Waals surface area (Å²) in [6.07, 6.45) is 0.